The molecular formula is C13H24N2O. The Labute approximate surface area is 98.3 Å². The van der Waals surface area contributed by atoms with Gasteiger partial charge in [-0.05, 0) is 43.9 Å². The van der Waals surface area contributed by atoms with Gasteiger partial charge in [-0.2, -0.15) is 0 Å². The van der Waals surface area contributed by atoms with Crippen molar-refractivity contribution in [1.82, 2.24) is 4.90 Å². The molecular weight excluding hydrogens is 200 g/mol. The van der Waals surface area contributed by atoms with E-state index in [1.54, 1.807) is 0 Å². The second-order valence-electron chi connectivity index (χ2n) is 6.02. The van der Waals surface area contributed by atoms with Gasteiger partial charge >= 0.3 is 0 Å². The lowest BCUT2D eigenvalue weighted by Crippen LogP contribution is -2.48. The van der Waals surface area contributed by atoms with E-state index in [9.17, 15) is 0 Å². The maximum atomic E-state index is 6.36. The molecule has 16 heavy (non-hydrogen) atoms. The smallest absolute Gasteiger partial charge is 0.0674 e. The Kier molecular flexibility index (Phi) is 2.94. The molecule has 0 spiro atoms. The summed E-state index contributed by atoms with van der Waals surface area (Å²) < 4.78 is 5.59. The van der Waals surface area contributed by atoms with Crippen molar-refractivity contribution in [2.45, 2.75) is 38.3 Å². The lowest BCUT2D eigenvalue weighted by molar-refractivity contribution is -0.0266. The first-order chi connectivity index (χ1) is 7.74. The highest BCUT2D eigenvalue weighted by Crippen LogP contribution is 2.47. The Balaban J connectivity index is 1.58. The topological polar surface area (TPSA) is 38.5 Å². The Hall–Kier alpha value is -0.120. The number of hydrogen-bond donors (Lipinski definition) is 1. The molecule has 3 nitrogen and oxygen atoms in total. The van der Waals surface area contributed by atoms with E-state index in [0.29, 0.717) is 12.1 Å². The molecule has 3 rings (SSSR count). The van der Waals surface area contributed by atoms with Crippen molar-refractivity contribution >= 4 is 0 Å². The minimum atomic E-state index is 0.406. The minimum absolute atomic E-state index is 0.406. The van der Waals surface area contributed by atoms with Gasteiger partial charge in [0.1, 0.15) is 0 Å². The molecule has 0 amide bonds. The van der Waals surface area contributed by atoms with Crippen LogP contribution in [0.25, 0.3) is 0 Å². The minimum Gasteiger partial charge on any atom is -0.376 e. The van der Waals surface area contributed by atoms with Crippen molar-refractivity contribution in [3.8, 4) is 0 Å². The third-order valence-electron chi connectivity index (χ3n) is 4.95. The molecule has 3 fully saturated rings. The fourth-order valence-corrected chi connectivity index (χ4v) is 4.08. The van der Waals surface area contributed by atoms with Crippen LogP contribution in [0.4, 0.5) is 0 Å². The fourth-order valence-electron chi connectivity index (χ4n) is 4.08. The van der Waals surface area contributed by atoms with E-state index < -0.39 is 0 Å². The molecule has 3 heteroatoms. The van der Waals surface area contributed by atoms with Crippen molar-refractivity contribution in [1.29, 1.82) is 0 Å². The summed E-state index contributed by atoms with van der Waals surface area (Å²) in [4.78, 5) is 2.57. The number of nitrogens with two attached hydrogens (primary N) is 1. The first-order valence-corrected chi connectivity index (χ1v) is 6.83. The average Bonchev–Trinajstić information content (AvgIpc) is 2.82. The van der Waals surface area contributed by atoms with Gasteiger partial charge in [-0.15, -0.1) is 0 Å². The van der Waals surface area contributed by atoms with Crippen molar-refractivity contribution in [3.05, 3.63) is 0 Å². The first kappa shape index (κ1) is 11.0. The second kappa shape index (κ2) is 4.28. The van der Waals surface area contributed by atoms with Crippen molar-refractivity contribution < 1.29 is 4.74 Å². The van der Waals surface area contributed by atoms with Crippen LogP contribution in [0.5, 0.6) is 0 Å². The van der Waals surface area contributed by atoms with Crippen LogP contribution < -0.4 is 5.73 Å². The van der Waals surface area contributed by atoms with Gasteiger partial charge < -0.3 is 10.5 Å². The van der Waals surface area contributed by atoms with Gasteiger partial charge in [-0.1, -0.05) is 0 Å². The van der Waals surface area contributed by atoms with Crippen LogP contribution in [0.3, 0.4) is 0 Å². The highest BCUT2D eigenvalue weighted by Gasteiger charge is 2.46. The van der Waals surface area contributed by atoms with Crippen LogP contribution in [-0.2, 0) is 4.74 Å². The highest BCUT2D eigenvalue weighted by molar-refractivity contribution is 5.00. The number of rotatable bonds is 2. The van der Waals surface area contributed by atoms with Crippen LogP contribution in [0.15, 0.2) is 0 Å². The Morgan fingerprint density at radius 1 is 1.31 bits per heavy atom. The van der Waals surface area contributed by atoms with E-state index in [2.05, 4.69) is 11.8 Å². The number of fused-ring (bicyclic) bond motifs is 2. The van der Waals surface area contributed by atoms with E-state index in [-0.39, 0.29) is 0 Å². The molecule has 0 aromatic carbocycles. The van der Waals surface area contributed by atoms with Gasteiger partial charge in [0.15, 0.2) is 0 Å². The molecule has 2 N–H and O–H groups in total. The van der Waals surface area contributed by atoms with Crippen LogP contribution in [-0.4, -0.2) is 43.3 Å². The predicted molar refractivity (Wildman–Crippen MR) is 64.2 cm³/mol. The molecule has 1 saturated heterocycles. The zero-order valence-corrected chi connectivity index (χ0v) is 10.3. The third kappa shape index (κ3) is 1.89. The summed E-state index contributed by atoms with van der Waals surface area (Å²) in [5, 5.41) is 0. The number of hydrogen-bond acceptors (Lipinski definition) is 3. The van der Waals surface area contributed by atoms with Crippen LogP contribution in [0.1, 0.15) is 26.2 Å². The lowest BCUT2D eigenvalue weighted by atomic mass is 9.84. The lowest BCUT2D eigenvalue weighted by Gasteiger charge is -2.37. The zero-order chi connectivity index (χ0) is 11.1. The summed E-state index contributed by atoms with van der Waals surface area (Å²) in [6, 6.07) is 0.483. The van der Waals surface area contributed by atoms with Crippen LogP contribution >= 0.6 is 0 Å². The summed E-state index contributed by atoms with van der Waals surface area (Å²) in [6.45, 7) is 6.49. The maximum absolute atomic E-state index is 6.36. The second-order valence-corrected chi connectivity index (χ2v) is 6.02. The summed E-state index contributed by atoms with van der Waals surface area (Å²) in [5.74, 6) is 2.54. The predicted octanol–water partition coefficient (Wildman–Crippen LogP) is 1.08. The van der Waals surface area contributed by atoms with E-state index in [0.717, 1.165) is 37.5 Å². The molecule has 0 radical (unpaired) electrons. The molecule has 1 aliphatic heterocycles. The molecule has 5 unspecified atom stereocenters. The summed E-state index contributed by atoms with van der Waals surface area (Å²) in [7, 11) is 0. The zero-order valence-electron chi connectivity index (χ0n) is 10.3. The van der Waals surface area contributed by atoms with Crippen LogP contribution in [0.2, 0.25) is 0 Å². The summed E-state index contributed by atoms with van der Waals surface area (Å²) in [5.41, 5.74) is 6.36. The molecule has 2 bridgehead atoms. The fraction of sp³-hybridized carbons (Fsp3) is 1.00. The first-order valence-electron chi connectivity index (χ1n) is 6.83. The Bertz CT molecular complexity index is 256. The standard InChI is InChI=1S/C13H24N2O/c1-9-7-15(4-5-16-9)8-12-10-2-3-11(6-10)13(12)14/h9-13H,2-8,14H2,1H3. The molecule has 2 aliphatic carbocycles. The molecule has 5 atom stereocenters. The van der Waals surface area contributed by atoms with Crippen molar-refractivity contribution in [3.63, 3.8) is 0 Å². The van der Waals surface area contributed by atoms with Crippen molar-refractivity contribution in [2.24, 2.45) is 23.5 Å². The summed E-state index contributed by atoms with van der Waals surface area (Å²) in [6.07, 6.45) is 4.64. The van der Waals surface area contributed by atoms with Crippen LogP contribution in [0, 0.1) is 17.8 Å². The number of nitrogens with zero attached hydrogens (tertiary/aromatic N) is 1. The molecule has 0 aromatic heterocycles. The third-order valence-corrected chi connectivity index (χ3v) is 4.95. The van der Waals surface area contributed by atoms with Gasteiger partial charge in [0.2, 0.25) is 0 Å². The average molecular weight is 224 g/mol. The number of morpholine rings is 1. The van der Waals surface area contributed by atoms with E-state index >= 15 is 0 Å². The Morgan fingerprint density at radius 2 is 2.12 bits per heavy atom. The van der Waals surface area contributed by atoms with Gasteiger partial charge in [0.05, 0.1) is 12.7 Å². The Morgan fingerprint density at radius 3 is 2.81 bits per heavy atom. The summed E-state index contributed by atoms with van der Waals surface area (Å²) >= 11 is 0. The van der Waals surface area contributed by atoms with Gasteiger partial charge in [0, 0.05) is 25.7 Å². The molecule has 2 saturated carbocycles. The number of ether oxygens (including phenoxy) is 1. The van der Waals surface area contributed by atoms with E-state index in [4.69, 9.17) is 10.5 Å². The monoisotopic (exact) mass is 224 g/mol. The van der Waals surface area contributed by atoms with Gasteiger partial charge in [0.25, 0.3) is 0 Å². The van der Waals surface area contributed by atoms with Gasteiger partial charge in [-0.3, -0.25) is 4.90 Å². The maximum Gasteiger partial charge on any atom is 0.0674 e. The molecule has 3 aliphatic rings. The highest BCUT2D eigenvalue weighted by atomic mass is 16.5. The molecule has 0 aromatic rings. The van der Waals surface area contributed by atoms with Crippen molar-refractivity contribution in [2.75, 3.05) is 26.2 Å². The van der Waals surface area contributed by atoms with E-state index in [1.807, 2.05) is 0 Å². The SMILES string of the molecule is CC1CN(CC2C3CCC(C3)C2N)CCO1. The molecule has 1 heterocycles. The van der Waals surface area contributed by atoms with Gasteiger partial charge in [-0.25, -0.2) is 0 Å². The molecule has 92 valence electrons. The largest absolute Gasteiger partial charge is 0.376 e. The quantitative estimate of drug-likeness (QED) is 0.763. The van der Waals surface area contributed by atoms with E-state index in [1.165, 1.54) is 25.8 Å². The normalized spacial score (nSPS) is 48.8.